The van der Waals surface area contributed by atoms with Gasteiger partial charge in [0.05, 0.1) is 12.0 Å². The van der Waals surface area contributed by atoms with Gasteiger partial charge in [-0.2, -0.15) is 0 Å². The molecule has 0 aromatic rings. The summed E-state index contributed by atoms with van der Waals surface area (Å²) in [7, 11) is 0. The number of carbonyl (C=O) groups excluding carboxylic acids is 1. The number of nitrogens with one attached hydrogen (secondary N) is 1. The van der Waals surface area contributed by atoms with Crippen LogP contribution in [0, 0.1) is 11.8 Å². The average molecular weight is 240 g/mol. The van der Waals surface area contributed by atoms with Crippen molar-refractivity contribution >= 4 is 11.9 Å². The number of amides is 1. The maximum Gasteiger partial charge on any atom is 0.306 e. The van der Waals surface area contributed by atoms with Crippen molar-refractivity contribution < 1.29 is 14.7 Å². The largest absolute Gasteiger partial charge is 0.481 e. The predicted molar refractivity (Wildman–Crippen MR) is 62.5 cm³/mol. The molecule has 2 rings (SSSR count). The molecule has 0 radical (unpaired) electrons. The first-order valence-electron chi connectivity index (χ1n) is 6.34. The van der Waals surface area contributed by atoms with E-state index in [1.807, 2.05) is 4.90 Å². The molecule has 17 heavy (non-hydrogen) atoms. The molecule has 2 aliphatic heterocycles. The molecular formula is C12H20N2O3. The highest BCUT2D eigenvalue weighted by atomic mass is 16.4. The Kier molecular flexibility index (Phi) is 3.66. The van der Waals surface area contributed by atoms with Crippen LogP contribution in [0.15, 0.2) is 0 Å². The zero-order valence-corrected chi connectivity index (χ0v) is 10.2. The summed E-state index contributed by atoms with van der Waals surface area (Å²) in [5.41, 5.74) is 0. The van der Waals surface area contributed by atoms with Crippen LogP contribution in [0.2, 0.25) is 0 Å². The van der Waals surface area contributed by atoms with E-state index in [4.69, 9.17) is 5.11 Å². The van der Waals surface area contributed by atoms with Crippen molar-refractivity contribution in [3.05, 3.63) is 0 Å². The normalized spacial score (nSPS) is 30.5. The van der Waals surface area contributed by atoms with Gasteiger partial charge in [-0.25, -0.2) is 0 Å². The number of carboxylic acid groups (broad SMARTS) is 1. The lowest BCUT2D eigenvalue weighted by Crippen LogP contribution is -2.49. The molecule has 0 aromatic heterocycles. The molecule has 2 N–H and O–H groups in total. The lowest BCUT2D eigenvalue weighted by atomic mass is 9.95. The smallest absolute Gasteiger partial charge is 0.306 e. The number of rotatable bonds is 2. The van der Waals surface area contributed by atoms with Crippen LogP contribution in [0.25, 0.3) is 0 Å². The first kappa shape index (κ1) is 12.4. The molecule has 2 atom stereocenters. The summed E-state index contributed by atoms with van der Waals surface area (Å²) in [4.78, 5) is 24.8. The number of nitrogens with zero attached hydrogens (tertiary/aromatic N) is 1. The van der Waals surface area contributed by atoms with Crippen molar-refractivity contribution in [1.82, 2.24) is 10.2 Å². The van der Waals surface area contributed by atoms with Gasteiger partial charge in [0.15, 0.2) is 0 Å². The van der Waals surface area contributed by atoms with E-state index >= 15 is 0 Å². The summed E-state index contributed by atoms with van der Waals surface area (Å²) in [6.45, 7) is 4.16. The van der Waals surface area contributed by atoms with Gasteiger partial charge in [0.1, 0.15) is 0 Å². The fourth-order valence-electron chi connectivity index (χ4n) is 2.71. The van der Waals surface area contributed by atoms with Crippen molar-refractivity contribution in [2.75, 3.05) is 19.6 Å². The third-order valence-electron chi connectivity index (χ3n) is 3.95. The van der Waals surface area contributed by atoms with Gasteiger partial charge in [-0.1, -0.05) is 6.92 Å². The quantitative estimate of drug-likeness (QED) is 0.728. The fraction of sp³-hybridized carbons (Fsp3) is 0.833. The Hall–Kier alpha value is -1.10. The van der Waals surface area contributed by atoms with Crippen LogP contribution in [-0.4, -0.2) is 47.6 Å². The molecule has 5 nitrogen and oxygen atoms in total. The maximum absolute atomic E-state index is 12.2. The second-order valence-electron chi connectivity index (χ2n) is 5.14. The summed E-state index contributed by atoms with van der Waals surface area (Å²) < 4.78 is 0. The minimum Gasteiger partial charge on any atom is -0.481 e. The van der Waals surface area contributed by atoms with E-state index in [1.165, 1.54) is 0 Å². The van der Waals surface area contributed by atoms with Gasteiger partial charge in [0.2, 0.25) is 5.91 Å². The van der Waals surface area contributed by atoms with Crippen molar-refractivity contribution in [1.29, 1.82) is 0 Å². The number of hydrogen-bond donors (Lipinski definition) is 2. The third kappa shape index (κ3) is 2.60. The molecule has 2 fully saturated rings. The summed E-state index contributed by atoms with van der Waals surface area (Å²) >= 11 is 0. The summed E-state index contributed by atoms with van der Waals surface area (Å²) in [6, 6.07) is -0.0589. The van der Waals surface area contributed by atoms with Crippen molar-refractivity contribution in [2.45, 2.75) is 32.2 Å². The molecule has 0 saturated carbocycles. The second-order valence-corrected chi connectivity index (χ2v) is 5.14. The monoisotopic (exact) mass is 240 g/mol. The van der Waals surface area contributed by atoms with Crippen LogP contribution in [0.4, 0.5) is 0 Å². The molecule has 2 aliphatic rings. The highest BCUT2D eigenvalue weighted by molar-refractivity contribution is 5.83. The fourth-order valence-corrected chi connectivity index (χ4v) is 2.71. The molecule has 0 spiro atoms. The Morgan fingerprint density at radius 1 is 1.24 bits per heavy atom. The maximum atomic E-state index is 12.2. The van der Waals surface area contributed by atoms with Crippen LogP contribution in [0.3, 0.4) is 0 Å². The van der Waals surface area contributed by atoms with Crippen molar-refractivity contribution in [3.63, 3.8) is 0 Å². The second kappa shape index (κ2) is 5.04. The molecule has 0 bridgehead atoms. The molecule has 0 aromatic carbocycles. The SMILES string of the molecule is CC1CCNC1C(=O)N1CCC(C(=O)O)CC1. The highest BCUT2D eigenvalue weighted by Gasteiger charge is 2.35. The van der Waals surface area contributed by atoms with Gasteiger partial charge in [0, 0.05) is 13.1 Å². The summed E-state index contributed by atoms with van der Waals surface area (Å²) in [6.07, 6.45) is 2.21. The van der Waals surface area contributed by atoms with E-state index in [0.29, 0.717) is 31.8 Å². The molecule has 2 unspecified atom stereocenters. The Morgan fingerprint density at radius 2 is 1.88 bits per heavy atom. The molecular weight excluding hydrogens is 220 g/mol. The number of piperidine rings is 1. The van der Waals surface area contributed by atoms with Crippen LogP contribution < -0.4 is 5.32 Å². The summed E-state index contributed by atoms with van der Waals surface area (Å²) in [5, 5.41) is 12.1. The Labute approximate surface area is 101 Å². The first-order valence-corrected chi connectivity index (χ1v) is 6.34. The van der Waals surface area contributed by atoms with Gasteiger partial charge in [-0.15, -0.1) is 0 Å². The molecule has 1 amide bonds. The van der Waals surface area contributed by atoms with Crippen molar-refractivity contribution in [2.24, 2.45) is 11.8 Å². The minimum absolute atomic E-state index is 0.0589. The molecule has 2 saturated heterocycles. The Balaban J connectivity index is 1.88. The zero-order valence-electron chi connectivity index (χ0n) is 10.2. The standard InChI is InChI=1S/C12H20N2O3/c1-8-2-5-13-10(8)11(15)14-6-3-9(4-7-14)12(16)17/h8-10,13H,2-7H2,1H3,(H,16,17). The first-order chi connectivity index (χ1) is 8.09. The van der Waals surface area contributed by atoms with Gasteiger partial charge < -0.3 is 15.3 Å². The van der Waals surface area contributed by atoms with E-state index in [-0.39, 0.29) is 17.9 Å². The topological polar surface area (TPSA) is 69.6 Å². The number of carboxylic acids is 1. The van der Waals surface area contributed by atoms with E-state index in [9.17, 15) is 9.59 Å². The van der Waals surface area contributed by atoms with Gasteiger partial charge in [-0.05, 0) is 31.7 Å². The lowest BCUT2D eigenvalue weighted by Gasteiger charge is -2.32. The van der Waals surface area contributed by atoms with E-state index in [1.54, 1.807) is 0 Å². The van der Waals surface area contributed by atoms with Crippen LogP contribution in [-0.2, 0) is 9.59 Å². The van der Waals surface area contributed by atoms with Gasteiger partial charge >= 0.3 is 5.97 Å². The average Bonchev–Trinajstić information content (AvgIpc) is 2.74. The van der Waals surface area contributed by atoms with E-state index in [0.717, 1.165) is 13.0 Å². The number of hydrogen-bond acceptors (Lipinski definition) is 3. The van der Waals surface area contributed by atoms with Crippen LogP contribution in [0.1, 0.15) is 26.2 Å². The predicted octanol–water partition coefficient (Wildman–Crippen LogP) is 0.308. The third-order valence-corrected chi connectivity index (χ3v) is 3.95. The zero-order chi connectivity index (χ0) is 12.4. The number of aliphatic carboxylic acids is 1. The molecule has 96 valence electrons. The minimum atomic E-state index is -0.732. The van der Waals surface area contributed by atoms with Gasteiger partial charge in [0.25, 0.3) is 0 Å². The molecule has 5 heteroatoms. The lowest BCUT2D eigenvalue weighted by molar-refractivity contribution is -0.146. The highest BCUT2D eigenvalue weighted by Crippen LogP contribution is 2.21. The summed E-state index contributed by atoms with van der Waals surface area (Å²) in [5.74, 6) is -0.462. The Morgan fingerprint density at radius 3 is 2.35 bits per heavy atom. The number of carbonyl (C=O) groups is 2. The van der Waals surface area contributed by atoms with Crippen LogP contribution >= 0.6 is 0 Å². The van der Waals surface area contributed by atoms with Gasteiger partial charge in [-0.3, -0.25) is 9.59 Å². The van der Waals surface area contributed by atoms with E-state index < -0.39 is 5.97 Å². The number of likely N-dealkylation sites (tertiary alicyclic amines) is 1. The molecule has 0 aliphatic carbocycles. The van der Waals surface area contributed by atoms with E-state index in [2.05, 4.69) is 12.2 Å². The van der Waals surface area contributed by atoms with Crippen molar-refractivity contribution in [3.8, 4) is 0 Å². The molecule has 2 heterocycles. The Bertz CT molecular complexity index is 311. The van der Waals surface area contributed by atoms with Crippen LogP contribution in [0.5, 0.6) is 0 Å².